The average Bonchev–Trinajstić information content (AvgIpc) is 2.66. The summed E-state index contributed by atoms with van der Waals surface area (Å²) in [4.78, 5) is 21.5. The van der Waals surface area contributed by atoms with Crippen LogP contribution < -0.4 is 10.6 Å². The minimum atomic E-state index is -0.492. The molecule has 184 valence electrons. The first-order valence-corrected chi connectivity index (χ1v) is 11.4. The largest absolute Gasteiger partial charge is 0.444 e. The molecule has 0 aromatic rings. The van der Waals surface area contributed by atoms with Crippen LogP contribution >= 0.6 is 24.0 Å². The molecule has 1 rings (SSSR count). The van der Waals surface area contributed by atoms with E-state index >= 15 is 0 Å². The zero-order valence-corrected chi connectivity index (χ0v) is 23.0. The first-order valence-electron chi connectivity index (χ1n) is 11.4. The Morgan fingerprint density at radius 1 is 1.26 bits per heavy atom. The average molecular weight is 556 g/mol. The number of guanidine groups is 1. The van der Waals surface area contributed by atoms with Crippen LogP contribution in [0.2, 0.25) is 0 Å². The third-order valence-corrected chi connectivity index (χ3v) is 4.98. The summed E-state index contributed by atoms with van der Waals surface area (Å²) >= 11 is 0. The first-order chi connectivity index (χ1) is 14.1. The maximum absolute atomic E-state index is 12.2. The molecule has 1 saturated heterocycles. The summed E-state index contributed by atoms with van der Waals surface area (Å²) in [5.74, 6) is 1.23. The van der Waals surface area contributed by atoms with Crippen LogP contribution in [0, 0.1) is 5.92 Å². The van der Waals surface area contributed by atoms with Crippen molar-refractivity contribution in [2.45, 2.75) is 66.0 Å². The monoisotopic (exact) mass is 555 g/mol. The number of morpholine rings is 1. The number of hydrogen-bond donors (Lipinski definition) is 2. The smallest absolute Gasteiger partial charge is 0.407 e. The number of alkyl carbamates (subject to hydrolysis) is 1. The second-order valence-electron chi connectivity index (χ2n) is 9.25. The van der Waals surface area contributed by atoms with E-state index in [1.54, 1.807) is 0 Å². The molecule has 1 unspecified atom stereocenters. The van der Waals surface area contributed by atoms with E-state index in [0.717, 1.165) is 71.3 Å². The highest BCUT2D eigenvalue weighted by molar-refractivity contribution is 14.0. The van der Waals surface area contributed by atoms with Crippen molar-refractivity contribution in [1.82, 2.24) is 20.4 Å². The zero-order valence-electron chi connectivity index (χ0n) is 20.7. The predicted octanol–water partition coefficient (Wildman–Crippen LogP) is 3.16. The van der Waals surface area contributed by atoms with Crippen LogP contribution in [-0.4, -0.2) is 93.0 Å². The van der Waals surface area contributed by atoms with Gasteiger partial charge in [-0.2, -0.15) is 0 Å². The van der Waals surface area contributed by atoms with E-state index in [2.05, 4.69) is 41.2 Å². The second-order valence-corrected chi connectivity index (χ2v) is 9.25. The Morgan fingerprint density at radius 3 is 2.45 bits per heavy atom. The van der Waals surface area contributed by atoms with E-state index in [0.29, 0.717) is 5.92 Å². The molecule has 2 N–H and O–H groups in total. The number of carbonyl (C=O) groups is 1. The summed E-state index contributed by atoms with van der Waals surface area (Å²) in [6, 6.07) is 0.0477. The number of amides is 1. The normalized spacial score (nSPS) is 16.5. The van der Waals surface area contributed by atoms with Crippen molar-refractivity contribution in [2.75, 3.05) is 59.5 Å². The van der Waals surface area contributed by atoms with Crippen molar-refractivity contribution in [1.29, 1.82) is 0 Å². The van der Waals surface area contributed by atoms with Crippen LogP contribution in [0.3, 0.4) is 0 Å². The Bertz CT molecular complexity index is 520. The van der Waals surface area contributed by atoms with Gasteiger partial charge in [-0.3, -0.25) is 9.89 Å². The van der Waals surface area contributed by atoms with Gasteiger partial charge in [0, 0.05) is 52.4 Å². The molecule has 1 amide bonds. The number of aliphatic imine (C=N–C) groups is 1. The molecule has 0 radical (unpaired) electrons. The molecule has 1 heterocycles. The number of nitrogens with zero attached hydrogens (tertiary/aromatic N) is 3. The lowest BCUT2D eigenvalue weighted by atomic mass is 10.0. The van der Waals surface area contributed by atoms with Crippen molar-refractivity contribution in [3.63, 3.8) is 0 Å². The van der Waals surface area contributed by atoms with Gasteiger partial charge >= 0.3 is 6.09 Å². The fourth-order valence-electron chi connectivity index (χ4n) is 3.24. The van der Waals surface area contributed by atoms with Crippen LogP contribution in [0.15, 0.2) is 4.99 Å². The van der Waals surface area contributed by atoms with Gasteiger partial charge in [0.1, 0.15) is 5.60 Å². The van der Waals surface area contributed by atoms with Gasteiger partial charge in [0.2, 0.25) is 0 Å². The summed E-state index contributed by atoms with van der Waals surface area (Å²) in [5.41, 5.74) is -0.492. The molecule has 1 atom stereocenters. The lowest BCUT2D eigenvalue weighted by molar-refractivity contribution is 0.0377. The summed E-state index contributed by atoms with van der Waals surface area (Å²) < 4.78 is 10.8. The molecule has 0 saturated carbocycles. The molecular formula is C22H46IN5O3. The minimum Gasteiger partial charge on any atom is -0.444 e. The first kappa shape index (κ1) is 30.2. The van der Waals surface area contributed by atoms with E-state index in [1.165, 1.54) is 0 Å². The molecule has 0 aromatic heterocycles. The lowest BCUT2D eigenvalue weighted by Crippen LogP contribution is -2.45. The maximum Gasteiger partial charge on any atom is 0.407 e. The molecule has 0 spiro atoms. The van der Waals surface area contributed by atoms with Gasteiger partial charge in [-0.05, 0) is 46.5 Å². The van der Waals surface area contributed by atoms with Crippen LogP contribution in [-0.2, 0) is 9.47 Å². The lowest BCUT2D eigenvalue weighted by Gasteiger charge is -2.29. The molecule has 1 fully saturated rings. The summed E-state index contributed by atoms with van der Waals surface area (Å²) in [5, 5.41) is 6.40. The van der Waals surface area contributed by atoms with Crippen LogP contribution in [0.4, 0.5) is 4.79 Å². The highest BCUT2D eigenvalue weighted by atomic mass is 127. The molecule has 9 heteroatoms. The Labute approximate surface area is 206 Å². The van der Waals surface area contributed by atoms with Crippen molar-refractivity contribution in [3.8, 4) is 0 Å². The fourth-order valence-corrected chi connectivity index (χ4v) is 3.24. The van der Waals surface area contributed by atoms with Crippen molar-refractivity contribution < 1.29 is 14.3 Å². The van der Waals surface area contributed by atoms with Crippen molar-refractivity contribution >= 4 is 36.0 Å². The molecule has 0 bridgehead atoms. The quantitative estimate of drug-likeness (QED) is 0.187. The van der Waals surface area contributed by atoms with Crippen LogP contribution in [0.25, 0.3) is 0 Å². The third kappa shape index (κ3) is 14.1. The standard InChI is InChI=1S/C22H45N5O3.HI/c1-8-23-20(24-11-9-12-27-14-16-29-17-15-27)26(7)13-10-19(18(2)3)25-21(28)30-22(4,5)6;/h18-19H,8-17H2,1-7H3,(H,23,24)(H,25,28);1H. The molecular weight excluding hydrogens is 509 g/mol. The SMILES string of the molecule is CCNC(=NCCCN1CCOCC1)N(C)CCC(NC(=O)OC(C)(C)C)C(C)C.I. The van der Waals surface area contributed by atoms with E-state index in [9.17, 15) is 4.79 Å². The van der Waals surface area contributed by atoms with Crippen molar-refractivity contribution in [3.05, 3.63) is 0 Å². The molecule has 1 aliphatic heterocycles. The van der Waals surface area contributed by atoms with E-state index in [1.807, 2.05) is 27.8 Å². The number of nitrogens with one attached hydrogen (secondary N) is 2. The van der Waals surface area contributed by atoms with Gasteiger partial charge in [0.25, 0.3) is 0 Å². The third-order valence-electron chi connectivity index (χ3n) is 4.98. The summed E-state index contributed by atoms with van der Waals surface area (Å²) in [6.45, 7) is 19.2. The van der Waals surface area contributed by atoms with Gasteiger partial charge < -0.3 is 25.0 Å². The summed E-state index contributed by atoms with van der Waals surface area (Å²) in [6.07, 6.45) is 1.51. The van der Waals surface area contributed by atoms with Gasteiger partial charge in [-0.25, -0.2) is 4.79 Å². The summed E-state index contributed by atoms with van der Waals surface area (Å²) in [7, 11) is 2.05. The molecule has 1 aliphatic rings. The Hall–Kier alpha value is -0.810. The highest BCUT2D eigenvalue weighted by Crippen LogP contribution is 2.11. The Morgan fingerprint density at radius 2 is 1.90 bits per heavy atom. The van der Waals surface area contributed by atoms with E-state index in [-0.39, 0.29) is 36.1 Å². The number of rotatable bonds is 10. The van der Waals surface area contributed by atoms with Crippen LogP contribution in [0.5, 0.6) is 0 Å². The number of hydrogen-bond acceptors (Lipinski definition) is 5. The number of carbonyl (C=O) groups excluding carboxylic acids is 1. The van der Waals surface area contributed by atoms with Gasteiger partial charge in [-0.1, -0.05) is 13.8 Å². The van der Waals surface area contributed by atoms with Gasteiger partial charge in [-0.15, -0.1) is 24.0 Å². The highest BCUT2D eigenvalue weighted by Gasteiger charge is 2.22. The van der Waals surface area contributed by atoms with E-state index in [4.69, 9.17) is 14.5 Å². The Balaban J connectivity index is 0.00000900. The molecule has 0 aliphatic carbocycles. The van der Waals surface area contributed by atoms with E-state index < -0.39 is 5.60 Å². The van der Waals surface area contributed by atoms with Crippen LogP contribution in [0.1, 0.15) is 54.4 Å². The molecule has 8 nitrogen and oxygen atoms in total. The fraction of sp³-hybridized carbons (Fsp3) is 0.909. The molecule has 0 aromatic carbocycles. The number of ether oxygens (including phenoxy) is 2. The van der Waals surface area contributed by atoms with Gasteiger partial charge in [0.15, 0.2) is 5.96 Å². The number of halogens is 1. The van der Waals surface area contributed by atoms with Gasteiger partial charge in [0.05, 0.1) is 13.2 Å². The topological polar surface area (TPSA) is 78.4 Å². The Kier molecular flexibility index (Phi) is 15.5. The van der Waals surface area contributed by atoms with Crippen molar-refractivity contribution in [2.24, 2.45) is 10.9 Å². The zero-order chi connectivity index (χ0) is 22.6. The maximum atomic E-state index is 12.2. The predicted molar refractivity (Wildman–Crippen MR) is 139 cm³/mol. The molecule has 31 heavy (non-hydrogen) atoms. The minimum absolute atomic E-state index is 0. The second kappa shape index (κ2) is 15.9.